The van der Waals surface area contributed by atoms with Crippen molar-refractivity contribution in [2.24, 2.45) is 11.8 Å². The molecule has 2 heteroatoms. The van der Waals surface area contributed by atoms with Gasteiger partial charge in [-0.05, 0) is 24.8 Å². The SMILES string of the molecule is CCCCCCCN1CC(C(C)CC)NCC1C(C)C. The van der Waals surface area contributed by atoms with Gasteiger partial charge in [-0.3, -0.25) is 4.90 Å². The third-order valence-electron chi connectivity index (χ3n) is 5.14. The smallest absolute Gasteiger partial charge is 0.0244 e. The van der Waals surface area contributed by atoms with E-state index in [1.807, 2.05) is 0 Å². The van der Waals surface area contributed by atoms with Crippen LogP contribution >= 0.6 is 0 Å². The predicted octanol–water partition coefficient (Wildman–Crippen LogP) is 4.30. The Kier molecular flexibility index (Phi) is 8.79. The molecule has 0 bridgehead atoms. The zero-order valence-electron chi connectivity index (χ0n) is 14.6. The van der Waals surface area contributed by atoms with Gasteiger partial charge in [-0.15, -0.1) is 0 Å². The largest absolute Gasteiger partial charge is 0.311 e. The van der Waals surface area contributed by atoms with Crippen LogP contribution in [0.1, 0.15) is 73.1 Å². The molecule has 3 unspecified atom stereocenters. The lowest BCUT2D eigenvalue weighted by atomic mass is 9.92. The van der Waals surface area contributed by atoms with Gasteiger partial charge in [0.05, 0.1) is 0 Å². The lowest BCUT2D eigenvalue weighted by Crippen LogP contribution is -2.60. The van der Waals surface area contributed by atoms with Gasteiger partial charge in [0, 0.05) is 25.2 Å². The van der Waals surface area contributed by atoms with Gasteiger partial charge in [-0.1, -0.05) is 66.7 Å². The predicted molar refractivity (Wildman–Crippen MR) is 90.2 cm³/mol. The Hall–Kier alpha value is -0.0800. The van der Waals surface area contributed by atoms with Gasteiger partial charge >= 0.3 is 0 Å². The molecule has 3 atom stereocenters. The summed E-state index contributed by atoms with van der Waals surface area (Å²) in [6.45, 7) is 15.5. The van der Waals surface area contributed by atoms with Crippen molar-refractivity contribution in [3.63, 3.8) is 0 Å². The molecule has 0 saturated carbocycles. The second-order valence-corrected chi connectivity index (χ2v) is 7.12. The van der Waals surface area contributed by atoms with E-state index in [0.29, 0.717) is 6.04 Å². The second-order valence-electron chi connectivity index (χ2n) is 7.12. The molecule has 1 rings (SSSR count). The lowest BCUT2D eigenvalue weighted by Gasteiger charge is -2.44. The van der Waals surface area contributed by atoms with Crippen LogP contribution in [0.5, 0.6) is 0 Å². The van der Waals surface area contributed by atoms with Gasteiger partial charge in [-0.2, -0.15) is 0 Å². The normalized spacial score (nSPS) is 26.1. The summed E-state index contributed by atoms with van der Waals surface area (Å²) in [7, 11) is 0. The van der Waals surface area contributed by atoms with E-state index >= 15 is 0 Å². The number of hydrogen-bond acceptors (Lipinski definition) is 2. The highest BCUT2D eigenvalue weighted by Gasteiger charge is 2.31. The molecule has 0 aromatic carbocycles. The molecule has 0 spiro atoms. The highest BCUT2D eigenvalue weighted by Crippen LogP contribution is 2.20. The molecule has 0 aromatic heterocycles. The Balaban J connectivity index is 2.42. The number of rotatable bonds is 9. The van der Waals surface area contributed by atoms with Gasteiger partial charge in [0.2, 0.25) is 0 Å². The van der Waals surface area contributed by atoms with E-state index < -0.39 is 0 Å². The van der Waals surface area contributed by atoms with Crippen LogP contribution in [0.15, 0.2) is 0 Å². The second kappa shape index (κ2) is 9.78. The molecule has 1 heterocycles. The molecule has 1 fully saturated rings. The van der Waals surface area contributed by atoms with Gasteiger partial charge < -0.3 is 5.32 Å². The van der Waals surface area contributed by atoms with E-state index in [1.54, 1.807) is 0 Å². The van der Waals surface area contributed by atoms with Crippen molar-refractivity contribution in [1.29, 1.82) is 0 Å². The Morgan fingerprint density at radius 3 is 2.35 bits per heavy atom. The van der Waals surface area contributed by atoms with E-state index in [1.165, 1.54) is 58.2 Å². The zero-order chi connectivity index (χ0) is 15.0. The monoisotopic (exact) mass is 282 g/mol. The first kappa shape index (κ1) is 18.0. The lowest BCUT2D eigenvalue weighted by molar-refractivity contribution is 0.0802. The summed E-state index contributed by atoms with van der Waals surface area (Å²) in [6.07, 6.45) is 8.26. The van der Waals surface area contributed by atoms with Crippen LogP contribution in [0.4, 0.5) is 0 Å². The number of unbranched alkanes of at least 4 members (excludes halogenated alkanes) is 4. The first-order chi connectivity index (χ1) is 9.60. The zero-order valence-corrected chi connectivity index (χ0v) is 14.6. The Morgan fingerprint density at radius 2 is 1.75 bits per heavy atom. The van der Waals surface area contributed by atoms with Crippen LogP contribution in [0.3, 0.4) is 0 Å². The summed E-state index contributed by atoms with van der Waals surface area (Å²) >= 11 is 0. The number of nitrogens with zero attached hydrogens (tertiary/aromatic N) is 1. The third-order valence-corrected chi connectivity index (χ3v) is 5.14. The van der Waals surface area contributed by atoms with Gasteiger partial charge in [-0.25, -0.2) is 0 Å². The van der Waals surface area contributed by atoms with E-state index in [2.05, 4.69) is 44.8 Å². The first-order valence-electron chi connectivity index (χ1n) is 9.07. The summed E-state index contributed by atoms with van der Waals surface area (Å²) < 4.78 is 0. The highest BCUT2D eigenvalue weighted by atomic mass is 15.2. The Morgan fingerprint density at radius 1 is 1.05 bits per heavy atom. The van der Waals surface area contributed by atoms with E-state index in [4.69, 9.17) is 0 Å². The molecule has 0 amide bonds. The maximum Gasteiger partial charge on any atom is 0.0244 e. The van der Waals surface area contributed by atoms with Crippen molar-refractivity contribution < 1.29 is 0 Å². The maximum absolute atomic E-state index is 3.80. The van der Waals surface area contributed by atoms with Gasteiger partial charge in [0.25, 0.3) is 0 Å². The van der Waals surface area contributed by atoms with Crippen LogP contribution in [-0.4, -0.2) is 36.6 Å². The van der Waals surface area contributed by atoms with Crippen molar-refractivity contribution in [1.82, 2.24) is 10.2 Å². The minimum Gasteiger partial charge on any atom is -0.311 e. The number of hydrogen-bond donors (Lipinski definition) is 1. The van der Waals surface area contributed by atoms with Crippen molar-refractivity contribution >= 4 is 0 Å². The fourth-order valence-corrected chi connectivity index (χ4v) is 3.35. The topological polar surface area (TPSA) is 15.3 Å². The van der Waals surface area contributed by atoms with E-state index in [0.717, 1.165) is 17.9 Å². The quantitative estimate of drug-likeness (QED) is 0.634. The molecule has 20 heavy (non-hydrogen) atoms. The van der Waals surface area contributed by atoms with Crippen molar-refractivity contribution in [3.05, 3.63) is 0 Å². The fourth-order valence-electron chi connectivity index (χ4n) is 3.35. The molecule has 1 aliphatic rings. The number of nitrogens with one attached hydrogen (secondary N) is 1. The Labute approximate surface area is 127 Å². The summed E-state index contributed by atoms with van der Waals surface area (Å²) in [5.41, 5.74) is 0. The van der Waals surface area contributed by atoms with Gasteiger partial charge in [0.1, 0.15) is 0 Å². The standard InChI is InChI=1S/C18H38N2/c1-6-8-9-10-11-12-20-14-17(16(5)7-2)19-13-18(20)15(3)4/h15-19H,6-14H2,1-5H3. The summed E-state index contributed by atoms with van der Waals surface area (Å²) in [5, 5.41) is 3.80. The molecule has 0 radical (unpaired) electrons. The summed E-state index contributed by atoms with van der Waals surface area (Å²) in [6, 6.07) is 1.44. The molecular weight excluding hydrogens is 244 g/mol. The Bertz CT molecular complexity index is 240. The first-order valence-corrected chi connectivity index (χ1v) is 9.07. The summed E-state index contributed by atoms with van der Waals surface area (Å²) in [4.78, 5) is 2.78. The molecule has 1 saturated heterocycles. The van der Waals surface area contributed by atoms with Crippen LogP contribution in [-0.2, 0) is 0 Å². The molecule has 1 aliphatic heterocycles. The number of piperazine rings is 1. The summed E-state index contributed by atoms with van der Waals surface area (Å²) in [5.74, 6) is 1.56. The minimum absolute atomic E-state index is 0.700. The molecule has 0 aromatic rings. The fraction of sp³-hybridized carbons (Fsp3) is 1.00. The molecule has 1 N–H and O–H groups in total. The van der Waals surface area contributed by atoms with Crippen LogP contribution in [0.2, 0.25) is 0 Å². The maximum atomic E-state index is 3.80. The highest BCUT2D eigenvalue weighted by molar-refractivity contribution is 4.89. The average molecular weight is 283 g/mol. The van der Waals surface area contributed by atoms with Crippen LogP contribution < -0.4 is 5.32 Å². The van der Waals surface area contributed by atoms with Crippen LogP contribution in [0, 0.1) is 11.8 Å². The van der Waals surface area contributed by atoms with E-state index in [-0.39, 0.29) is 0 Å². The van der Waals surface area contributed by atoms with E-state index in [9.17, 15) is 0 Å². The average Bonchev–Trinajstić information content (AvgIpc) is 2.45. The molecular formula is C18H38N2. The minimum atomic E-state index is 0.700. The van der Waals surface area contributed by atoms with Crippen LogP contribution in [0.25, 0.3) is 0 Å². The van der Waals surface area contributed by atoms with Gasteiger partial charge in [0.15, 0.2) is 0 Å². The molecule has 120 valence electrons. The van der Waals surface area contributed by atoms with Crippen molar-refractivity contribution in [2.75, 3.05) is 19.6 Å². The van der Waals surface area contributed by atoms with Crippen molar-refractivity contribution in [3.8, 4) is 0 Å². The van der Waals surface area contributed by atoms with Crippen molar-refractivity contribution in [2.45, 2.75) is 85.2 Å². The third kappa shape index (κ3) is 5.73. The molecule has 0 aliphatic carbocycles. The molecule has 2 nitrogen and oxygen atoms in total.